The molecule has 0 aromatic carbocycles. The number of nitrogens with zero attached hydrogens (tertiary/aromatic N) is 1. The van der Waals surface area contributed by atoms with E-state index in [1.807, 2.05) is 6.92 Å². The Labute approximate surface area is 58.0 Å². The van der Waals surface area contributed by atoms with Crippen molar-refractivity contribution in [1.29, 1.82) is 0 Å². The molecule has 0 aliphatic rings. The second kappa shape index (κ2) is 4.77. The zero-order chi connectivity index (χ0) is 7.28. The monoisotopic (exact) mass is 130 g/mol. The third kappa shape index (κ3) is 5.80. The molecule has 1 atom stereocenters. The standard InChI is InChI=1S/C7H18N2/c1-4-5-9(3)6-7(2)8/h7H,4-6,8H2,1-3H3. The average Bonchev–Trinajstić information content (AvgIpc) is 1.63. The van der Waals surface area contributed by atoms with Crippen LogP contribution in [0.2, 0.25) is 0 Å². The Morgan fingerprint density at radius 1 is 1.56 bits per heavy atom. The van der Waals surface area contributed by atoms with Crippen molar-refractivity contribution in [2.45, 2.75) is 26.3 Å². The Morgan fingerprint density at radius 2 is 2.11 bits per heavy atom. The molecule has 0 amide bonds. The lowest BCUT2D eigenvalue weighted by atomic mass is 10.3. The molecule has 1 unspecified atom stereocenters. The summed E-state index contributed by atoms with van der Waals surface area (Å²) in [6, 6.07) is 0.307. The largest absolute Gasteiger partial charge is 0.327 e. The van der Waals surface area contributed by atoms with Crippen molar-refractivity contribution in [2.24, 2.45) is 5.73 Å². The maximum Gasteiger partial charge on any atom is 0.0139 e. The second-order valence-electron chi connectivity index (χ2n) is 2.74. The summed E-state index contributed by atoms with van der Waals surface area (Å²) < 4.78 is 0. The van der Waals surface area contributed by atoms with Crippen molar-refractivity contribution < 1.29 is 0 Å². The van der Waals surface area contributed by atoms with Crippen LogP contribution in [-0.2, 0) is 0 Å². The Bertz CT molecular complexity index is 61.9. The number of likely N-dealkylation sites (N-methyl/N-ethyl adjacent to an activating group) is 1. The van der Waals surface area contributed by atoms with E-state index in [0.717, 1.165) is 13.1 Å². The Balaban J connectivity index is 3.15. The van der Waals surface area contributed by atoms with Crippen molar-refractivity contribution in [2.75, 3.05) is 20.1 Å². The van der Waals surface area contributed by atoms with E-state index in [4.69, 9.17) is 5.73 Å². The van der Waals surface area contributed by atoms with E-state index < -0.39 is 0 Å². The first kappa shape index (κ1) is 8.92. The van der Waals surface area contributed by atoms with Gasteiger partial charge in [-0.2, -0.15) is 0 Å². The third-order valence-electron chi connectivity index (χ3n) is 1.20. The van der Waals surface area contributed by atoms with E-state index in [2.05, 4.69) is 18.9 Å². The van der Waals surface area contributed by atoms with Gasteiger partial charge >= 0.3 is 0 Å². The van der Waals surface area contributed by atoms with Crippen molar-refractivity contribution in [1.82, 2.24) is 4.90 Å². The summed E-state index contributed by atoms with van der Waals surface area (Å²) in [6.07, 6.45) is 1.21. The second-order valence-corrected chi connectivity index (χ2v) is 2.74. The van der Waals surface area contributed by atoms with Crippen LogP contribution in [0.5, 0.6) is 0 Å². The van der Waals surface area contributed by atoms with Gasteiger partial charge in [-0.1, -0.05) is 6.92 Å². The lowest BCUT2D eigenvalue weighted by molar-refractivity contribution is 0.318. The van der Waals surface area contributed by atoms with Crippen LogP contribution in [0.25, 0.3) is 0 Å². The fourth-order valence-electron chi connectivity index (χ4n) is 0.965. The normalized spacial score (nSPS) is 14.3. The molecule has 0 aromatic heterocycles. The summed E-state index contributed by atoms with van der Waals surface area (Å²) in [5.41, 5.74) is 5.58. The van der Waals surface area contributed by atoms with E-state index in [-0.39, 0.29) is 0 Å². The molecule has 0 bridgehead atoms. The quantitative estimate of drug-likeness (QED) is 0.606. The highest BCUT2D eigenvalue weighted by molar-refractivity contribution is 4.58. The minimum absolute atomic E-state index is 0.307. The molecule has 0 saturated heterocycles. The zero-order valence-corrected chi connectivity index (χ0v) is 6.72. The molecule has 2 nitrogen and oxygen atoms in total. The highest BCUT2D eigenvalue weighted by atomic mass is 15.1. The van der Waals surface area contributed by atoms with Gasteiger partial charge in [-0.05, 0) is 26.9 Å². The smallest absolute Gasteiger partial charge is 0.0139 e. The molecule has 0 saturated carbocycles. The number of hydrogen-bond acceptors (Lipinski definition) is 2. The third-order valence-corrected chi connectivity index (χ3v) is 1.20. The van der Waals surface area contributed by atoms with Gasteiger partial charge < -0.3 is 10.6 Å². The minimum atomic E-state index is 0.307. The summed E-state index contributed by atoms with van der Waals surface area (Å²) in [5.74, 6) is 0. The van der Waals surface area contributed by atoms with E-state index in [0.29, 0.717) is 6.04 Å². The van der Waals surface area contributed by atoms with Gasteiger partial charge in [0.05, 0.1) is 0 Å². The number of nitrogens with two attached hydrogens (primary N) is 1. The van der Waals surface area contributed by atoms with E-state index in [9.17, 15) is 0 Å². The Hall–Kier alpha value is -0.0800. The Kier molecular flexibility index (Phi) is 4.72. The van der Waals surface area contributed by atoms with Gasteiger partial charge in [0.1, 0.15) is 0 Å². The lowest BCUT2D eigenvalue weighted by Gasteiger charge is -2.17. The lowest BCUT2D eigenvalue weighted by Crippen LogP contribution is -2.33. The predicted octanol–water partition coefficient (Wildman–Crippen LogP) is 0.675. The topological polar surface area (TPSA) is 29.3 Å². The van der Waals surface area contributed by atoms with Gasteiger partial charge in [0.15, 0.2) is 0 Å². The average molecular weight is 130 g/mol. The molecule has 2 heteroatoms. The molecule has 2 N–H and O–H groups in total. The maximum absolute atomic E-state index is 5.58. The fraction of sp³-hybridized carbons (Fsp3) is 1.00. The van der Waals surface area contributed by atoms with Crippen LogP contribution < -0.4 is 5.73 Å². The van der Waals surface area contributed by atoms with Crippen LogP contribution in [0.1, 0.15) is 20.3 Å². The predicted molar refractivity (Wildman–Crippen MR) is 41.4 cm³/mol. The van der Waals surface area contributed by atoms with Gasteiger partial charge in [0.25, 0.3) is 0 Å². The van der Waals surface area contributed by atoms with Crippen molar-refractivity contribution in [3.8, 4) is 0 Å². The highest BCUT2D eigenvalue weighted by Crippen LogP contribution is 1.86. The summed E-state index contributed by atoms with van der Waals surface area (Å²) in [4.78, 5) is 2.25. The fourth-order valence-corrected chi connectivity index (χ4v) is 0.965. The minimum Gasteiger partial charge on any atom is -0.327 e. The van der Waals surface area contributed by atoms with Crippen LogP contribution in [0.15, 0.2) is 0 Å². The first-order chi connectivity index (χ1) is 4.16. The summed E-state index contributed by atoms with van der Waals surface area (Å²) in [6.45, 7) is 6.37. The number of hydrogen-bond donors (Lipinski definition) is 1. The maximum atomic E-state index is 5.58. The van der Waals surface area contributed by atoms with E-state index in [1.165, 1.54) is 6.42 Å². The van der Waals surface area contributed by atoms with Gasteiger partial charge in [-0.3, -0.25) is 0 Å². The highest BCUT2D eigenvalue weighted by Gasteiger charge is 1.98. The van der Waals surface area contributed by atoms with Gasteiger partial charge in [0, 0.05) is 12.6 Å². The van der Waals surface area contributed by atoms with Crippen molar-refractivity contribution in [3.05, 3.63) is 0 Å². The van der Waals surface area contributed by atoms with Crippen LogP contribution in [0, 0.1) is 0 Å². The van der Waals surface area contributed by atoms with Gasteiger partial charge in [-0.15, -0.1) is 0 Å². The summed E-state index contributed by atoms with van der Waals surface area (Å²) >= 11 is 0. The molecular weight excluding hydrogens is 112 g/mol. The molecule has 0 spiro atoms. The Morgan fingerprint density at radius 3 is 2.44 bits per heavy atom. The van der Waals surface area contributed by atoms with Crippen molar-refractivity contribution in [3.63, 3.8) is 0 Å². The van der Waals surface area contributed by atoms with E-state index in [1.54, 1.807) is 0 Å². The van der Waals surface area contributed by atoms with Crippen molar-refractivity contribution >= 4 is 0 Å². The van der Waals surface area contributed by atoms with Gasteiger partial charge in [-0.25, -0.2) is 0 Å². The molecule has 0 aliphatic carbocycles. The molecule has 9 heavy (non-hydrogen) atoms. The molecule has 0 fully saturated rings. The summed E-state index contributed by atoms with van der Waals surface area (Å²) in [7, 11) is 2.10. The molecule has 0 heterocycles. The molecular formula is C7H18N2. The molecule has 0 rings (SSSR count). The van der Waals surface area contributed by atoms with Gasteiger partial charge in [0.2, 0.25) is 0 Å². The first-order valence-corrected chi connectivity index (χ1v) is 3.61. The molecule has 56 valence electrons. The van der Waals surface area contributed by atoms with Crippen LogP contribution in [-0.4, -0.2) is 31.1 Å². The first-order valence-electron chi connectivity index (χ1n) is 3.61. The molecule has 0 radical (unpaired) electrons. The zero-order valence-electron chi connectivity index (χ0n) is 6.72. The van der Waals surface area contributed by atoms with E-state index >= 15 is 0 Å². The SMILES string of the molecule is CCCN(C)CC(C)N. The van der Waals surface area contributed by atoms with Crippen LogP contribution >= 0.6 is 0 Å². The molecule has 0 aromatic rings. The number of rotatable bonds is 4. The molecule has 0 aliphatic heterocycles. The van der Waals surface area contributed by atoms with Crippen LogP contribution in [0.3, 0.4) is 0 Å². The summed E-state index contributed by atoms with van der Waals surface area (Å²) in [5, 5.41) is 0. The van der Waals surface area contributed by atoms with Crippen LogP contribution in [0.4, 0.5) is 0 Å².